The highest BCUT2D eigenvalue weighted by Gasteiger charge is 2.45. The van der Waals surface area contributed by atoms with Crippen LogP contribution in [0.15, 0.2) is 27.6 Å². The highest BCUT2D eigenvalue weighted by molar-refractivity contribution is 9.10. The van der Waals surface area contributed by atoms with E-state index in [-0.39, 0.29) is 10.3 Å². The summed E-state index contributed by atoms with van der Waals surface area (Å²) < 4.78 is 28.1. The Morgan fingerprint density at radius 2 is 2.05 bits per heavy atom. The van der Waals surface area contributed by atoms with Gasteiger partial charge in [-0.1, -0.05) is 19.9 Å². The minimum absolute atomic E-state index is 0.150. The number of hydrogen-bond donors (Lipinski definition) is 2. The Morgan fingerprint density at radius 1 is 1.40 bits per heavy atom. The van der Waals surface area contributed by atoms with Crippen molar-refractivity contribution < 1.29 is 8.42 Å². The molecule has 0 radical (unpaired) electrons. The van der Waals surface area contributed by atoms with E-state index in [9.17, 15) is 8.42 Å². The first kappa shape index (κ1) is 15.9. The summed E-state index contributed by atoms with van der Waals surface area (Å²) in [6, 6.07) is 5.10. The van der Waals surface area contributed by atoms with Crippen molar-refractivity contribution in [1.29, 1.82) is 0 Å². The Bertz CT molecular complexity index is 595. The molecule has 6 heteroatoms. The van der Waals surface area contributed by atoms with Crippen LogP contribution in [0.25, 0.3) is 0 Å². The lowest BCUT2D eigenvalue weighted by atomic mass is 9.93. The molecule has 0 unspecified atom stereocenters. The summed E-state index contributed by atoms with van der Waals surface area (Å²) in [5.74, 6) is 0.494. The Morgan fingerprint density at radius 3 is 2.50 bits per heavy atom. The topological polar surface area (TPSA) is 72.2 Å². The van der Waals surface area contributed by atoms with Crippen LogP contribution in [0.3, 0.4) is 0 Å². The molecule has 2 rings (SSSR count). The molecule has 0 bridgehead atoms. The molecule has 0 atom stereocenters. The number of halogens is 1. The summed E-state index contributed by atoms with van der Waals surface area (Å²) in [7, 11) is -3.48. The molecule has 3 N–H and O–H groups in total. The van der Waals surface area contributed by atoms with Gasteiger partial charge in [-0.15, -0.1) is 0 Å². The monoisotopic (exact) mass is 360 g/mol. The zero-order valence-electron chi connectivity index (χ0n) is 11.8. The van der Waals surface area contributed by atoms with E-state index in [2.05, 4.69) is 34.5 Å². The Balaban J connectivity index is 2.15. The molecule has 1 aromatic rings. The van der Waals surface area contributed by atoms with Crippen molar-refractivity contribution in [3.8, 4) is 0 Å². The largest absolute Gasteiger partial charge is 0.326 e. The highest BCUT2D eigenvalue weighted by Crippen LogP contribution is 2.51. The molecule has 1 fully saturated rings. The van der Waals surface area contributed by atoms with Gasteiger partial charge in [0.25, 0.3) is 0 Å². The quantitative estimate of drug-likeness (QED) is 0.818. The zero-order valence-corrected chi connectivity index (χ0v) is 14.2. The molecule has 0 aliphatic heterocycles. The van der Waals surface area contributed by atoms with Crippen LogP contribution < -0.4 is 10.5 Å². The molecular formula is C14H21BrN2O2S. The van der Waals surface area contributed by atoms with Crippen molar-refractivity contribution in [3.05, 3.63) is 28.2 Å². The normalized spacial score (nSPS) is 17.4. The van der Waals surface area contributed by atoms with Gasteiger partial charge in [0.1, 0.15) is 0 Å². The van der Waals surface area contributed by atoms with Crippen molar-refractivity contribution >= 4 is 26.0 Å². The maximum Gasteiger partial charge on any atom is 0.241 e. The second kappa shape index (κ2) is 5.75. The number of nitrogens with two attached hydrogens (primary N) is 1. The predicted molar refractivity (Wildman–Crippen MR) is 83.7 cm³/mol. The van der Waals surface area contributed by atoms with Crippen LogP contribution in [0.5, 0.6) is 0 Å². The van der Waals surface area contributed by atoms with Gasteiger partial charge in [-0.2, -0.15) is 0 Å². The standard InChI is InChI=1S/C14H21BrN2O2S/c1-10(2)14(5-6-14)9-17-20(18,19)13-4-3-11(8-16)7-12(13)15/h3-4,7,10,17H,5-6,8-9,16H2,1-2H3. The third-order valence-electron chi connectivity index (χ3n) is 4.25. The summed E-state index contributed by atoms with van der Waals surface area (Å²) >= 11 is 3.31. The SMILES string of the molecule is CC(C)C1(CNS(=O)(=O)c2ccc(CN)cc2Br)CC1. The van der Waals surface area contributed by atoms with Crippen LogP contribution in [0.4, 0.5) is 0 Å². The number of hydrogen-bond acceptors (Lipinski definition) is 3. The van der Waals surface area contributed by atoms with Crippen LogP contribution in [-0.2, 0) is 16.6 Å². The van der Waals surface area contributed by atoms with Crippen molar-refractivity contribution in [2.75, 3.05) is 6.54 Å². The van der Waals surface area contributed by atoms with Crippen LogP contribution in [-0.4, -0.2) is 15.0 Å². The fraction of sp³-hybridized carbons (Fsp3) is 0.571. The van der Waals surface area contributed by atoms with Crippen molar-refractivity contribution in [1.82, 2.24) is 4.72 Å². The van der Waals surface area contributed by atoms with Crippen molar-refractivity contribution in [2.45, 2.75) is 38.1 Å². The first-order valence-corrected chi connectivity index (χ1v) is 9.06. The van der Waals surface area contributed by atoms with E-state index in [0.29, 0.717) is 23.5 Å². The molecule has 1 aliphatic carbocycles. The third-order valence-corrected chi connectivity index (χ3v) is 6.63. The molecule has 0 saturated heterocycles. The average Bonchev–Trinajstić information content (AvgIpc) is 3.17. The summed E-state index contributed by atoms with van der Waals surface area (Å²) in [5, 5.41) is 0. The second-order valence-electron chi connectivity index (χ2n) is 5.81. The number of benzene rings is 1. The molecule has 1 aromatic carbocycles. The highest BCUT2D eigenvalue weighted by atomic mass is 79.9. The lowest BCUT2D eigenvalue weighted by molar-refractivity contribution is 0.357. The van der Waals surface area contributed by atoms with Gasteiger partial charge in [-0.3, -0.25) is 0 Å². The van der Waals surface area contributed by atoms with Gasteiger partial charge in [0, 0.05) is 17.6 Å². The molecule has 0 amide bonds. The van der Waals surface area contributed by atoms with E-state index in [4.69, 9.17) is 5.73 Å². The van der Waals surface area contributed by atoms with Crippen LogP contribution >= 0.6 is 15.9 Å². The maximum atomic E-state index is 12.4. The average molecular weight is 361 g/mol. The Kier molecular flexibility index (Phi) is 4.59. The first-order valence-electron chi connectivity index (χ1n) is 6.79. The molecule has 0 heterocycles. The third kappa shape index (κ3) is 3.24. The van der Waals surface area contributed by atoms with Gasteiger partial charge < -0.3 is 5.73 Å². The fourth-order valence-corrected chi connectivity index (χ4v) is 4.59. The van der Waals surface area contributed by atoms with Crippen molar-refractivity contribution in [2.24, 2.45) is 17.1 Å². The zero-order chi connectivity index (χ0) is 15.0. The lowest BCUT2D eigenvalue weighted by Crippen LogP contribution is -2.32. The minimum atomic E-state index is -3.48. The summed E-state index contributed by atoms with van der Waals surface area (Å²) in [6.07, 6.45) is 2.20. The van der Waals surface area contributed by atoms with Crippen LogP contribution in [0.1, 0.15) is 32.3 Å². The Labute approximate surface area is 129 Å². The molecule has 1 aliphatic rings. The summed E-state index contributed by atoms with van der Waals surface area (Å²) in [4.78, 5) is 0.272. The van der Waals surface area contributed by atoms with E-state index in [1.165, 1.54) is 0 Å². The van der Waals surface area contributed by atoms with Gasteiger partial charge in [0.15, 0.2) is 0 Å². The smallest absolute Gasteiger partial charge is 0.241 e. The Hall–Kier alpha value is -0.430. The predicted octanol–water partition coefficient (Wildman–Crippen LogP) is 2.62. The molecule has 1 saturated carbocycles. The van der Waals surface area contributed by atoms with E-state index >= 15 is 0 Å². The van der Waals surface area contributed by atoms with Gasteiger partial charge in [-0.05, 0) is 57.8 Å². The summed E-state index contributed by atoms with van der Waals surface area (Å²) in [5.41, 5.74) is 6.60. The molecule has 112 valence electrons. The maximum absolute atomic E-state index is 12.4. The lowest BCUT2D eigenvalue weighted by Gasteiger charge is -2.20. The van der Waals surface area contributed by atoms with Crippen molar-refractivity contribution in [3.63, 3.8) is 0 Å². The van der Waals surface area contributed by atoms with Gasteiger partial charge in [0.2, 0.25) is 10.0 Å². The molecular weight excluding hydrogens is 340 g/mol. The first-order chi connectivity index (χ1) is 9.31. The molecule has 0 aromatic heterocycles. The minimum Gasteiger partial charge on any atom is -0.326 e. The molecule has 20 heavy (non-hydrogen) atoms. The molecule has 0 spiro atoms. The van der Waals surface area contributed by atoms with E-state index in [1.807, 2.05) is 0 Å². The summed E-state index contributed by atoms with van der Waals surface area (Å²) in [6.45, 7) is 5.20. The van der Waals surface area contributed by atoms with Gasteiger partial charge in [-0.25, -0.2) is 13.1 Å². The van der Waals surface area contributed by atoms with Crippen LogP contribution in [0, 0.1) is 11.3 Å². The van der Waals surface area contributed by atoms with Gasteiger partial charge in [0.05, 0.1) is 4.90 Å². The fourth-order valence-electron chi connectivity index (χ4n) is 2.32. The number of rotatable bonds is 6. The number of sulfonamides is 1. The van der Waals surface area contributed by atoms with Gasteiger partial charge >= 0.3 is 0 Å². The van der Waals surface area contributed by atoms with E-state index in [0.717, 1.165) is 18.4 Å². The van der Waals surface area contributed by atoms with E-state index < -0.39 is 10.0 Å². The number of nitrogens with one attached hydrogen (secondary N) is 1. The van der Waals surface area contributed by atoms with Crippen LogP contribution in [0.2, 0.25) is 0 Å². The second-order valence-corrected chi connectivity index (χ2v) is 8.40. The molecule has 4 nitrogen and oxygen atoms in total. The van der Waals surface area contributed by atoms with E-state index in [1.54, 1.807) is 18.2 Å².